The Bertz CT molecular complexity index is 533. The van der Waals surface area contributed by atoms with Crippen LogP contribution in [0.3, 0.4) is 0 Å². The molecule has 0 saturated heterocycles. The highest BCUT2D eigenvalue weighted by Gasteiger charge is 2.47. The molecule has 0 N–H and O–H groups in total. The van der Waals surface area contributed by atoms with Gasteiger partial charge in [-0.1, -0.05) is 0 Å². The van der Waals surface area contributed by atoms with E-state index in [1.807, 2.05) is 59.5 Å². The Balaban J connectivity index is 0. The molecule has 0 aliphatic heterocycles. The monoisotopic (exact) mass is 538 g/mol. The van der Waals surface area contributed by atoms with Crippen molar-refractivity contribution in [3.8, 4) is 0 Å². The van der Waals surface area contributed by atoms with Crippen molar-refractivity contribution in [2.24, 2.45) is 0 Å². The second-order valence-corrected chi connectivity index (χ2v) is 32.7. The topological polar surface area (TPSA) is 46.2 Å². The Hall–Kier alpha value is 0.364. The van der Waals surface area contributed by atoms with E-state index in [-0.39, 0.29) is 11.2 Å². The maximum absolute atomic E-state index is 6.31. The van der Waals surface area contributed by atoms with E-state index in [0.717, 1.165) is 0 Å². The van der Waals surface area contributed by atoms with Gasteiger partial charge in [0.1, 0.15) is 0 Å². The van der Waals surface area contributed by atoms with Crippen molar-refractivity contribution < 1.29 is 21.2 Å². The first-order chi connectivity index (χ1) is 13.7. The van der Waals surface area contributed by atoms with E-state index in [1.54, 1.807) is 0 Å². The van der Waals surface area contributed by atoms with Gasteiger partial charge < -0.3 is 21.2 Å². The summed E-state index contributed by atoms with van der Waals surface area (Å²) in [5.74, 6) is 0. The van der Waals surface area contributed by atoms with Crippen LogP contribution >= 0.6 is 0 Å². The minimum absolute atomic E-state index is 0.180. The summed E-state index contributed by atoms with van der Waals surface area (Å²) in [5.41, 5.74) is 3.30. The highest BCUT2D eigenvalue weighted by molar-refractivity contribution is 6.91. The zero-order valence-electron chi connectivity index (χ0n) is 24.1. The smallest absolute Gasteiger partial charge is 0.414 e. The molecule has 0 aliphatic rings. The lowest BCUT2D eigenvalue weighted by Gasteiger charge is -2.40. The molecule has 0 rings (SSSR count). The highest BCUT2D eigenvalue weighted by atomic mass is 28.5. The molecule has 5 nitrogen and oxygen atoms in total. The summed E-state index contributed by atoms with van der Waals surface area (Å²) in [7, 11) is -10.1. The minimum Gasteiger partial charge on any atom is -0.414 e. The SMILES string of the molecule is C=C[Si](C)(OC(C)(C)C)OC(C)(C)C.C=C[Si](O[Si](C)(C)C)(O[Si](C)(C)C)O[Si](C)(C)C. The van der Waals surface area contributed by atoms with Gasteiger partial charge in [-0.25, -0.2) is 0 Å². The molecule has 0 bridgehead atoms. The lowest BCUT2D eigenvalue weighted by atomic mass is 10.2. The first-order valence-corrected chi connectivity index (χ1v) is 25.9. The Morgan fingerprint density at radius 2 is 0.750 bits per heavy atom. The zero-order valence-corrected chi connectivity index (χ0v) is 29.1. The van der Waals surface area contributed by atoms with Crippen LogP contribution in [0.25, 0.3) is 0 Å². The van der Waals surface area contributed by atoms with Crippen molar-refractivity contribution in [2.45, 2.75) is 118 Å². The fraction of sp³-hybridized carbons (Fsp3) is 0.818. The molecule has 0 unspecified atom stereocenters. The second kappa shape index (κ2) is 11.9. The van der Waals surface area contributed by atoms with Gasteiger partial charge >= 0.3 is 17.4 Å². The van der Waals surface area contributed by atoms with Gasteiger partial charge in [0.15, 0.2) is 25.0 Å². The summed E-state index contributed by atoms with van der Waals surface area (Å²) in [6.45, 7) is 41.5. The second-order valence-electron chi connectivity index (χ2n) is 13.1. The normalized spacial score (nSPS) is 14.5. The van der Waals surface area contributed by atoms with Crippen LogP contribution in [-0.2, 0) is 21.2 Å². The zero-order chi connectivity index (χ0) is 26.4. The summed E-state index contributed by atoms with van der Waals surface area (Å²) in [5, 5.41) is 0. The van der Waals surface area contributed by atoms with Crippen LogP contribution in [0, 0.1) is 0 Å². The predicted molar refractivity (Wildman–Crippen MR) is 153 cm³/mol. The van der Waals surface area contributed by atoms with Crippen molar-refractivity contribution in [1.29, 1.82) is 0 Å². The van der Waals surface area contributed by atoms with Crippen LogP contribution in [0.2, 0.25) is 65.5 Å². The van der Waals surface area contributed by atoms with Crippen LogP contribution in [0.4, 0.5) is 0 Å². The minimum atomic E-state index is -2.73. The number of hydrogen-bond acceptors (Lipinski definition) is 5. The maximum Gasteiger partial charge on any atom is 0.497 e. The largest absolute Gasteiger partial charge is 0.497 e. The molecule has 0 aromatic rings. The average Bonchev–Trinajstić information content (AvgIpc) is 2.37. The summed E-state index contributed by atoms with van der Waals surface area (Å²) >= 11 is 0. The van der Waals surface area contributed by atoms with Gasteiger partial charge in [0.25, 0.3) is 0 Å². The number of hydrogen-bond donors (Lipinski definition) is 0. The van der Waals surface area contributed by atoms with Gasteiger partial charge in [0, 0.05) is 0 Å². The molecular formula is C22H54O5Si5. The molecule has 0 amide bonds. The lowest BCUT2D eigenvalue weighted by Crippen LogP contribution is -2.59. The highest BCUT2D eigenvalue weighted by Crippen LogP contribution is 2.26. The van der Waals surface area contributed by atoms with Crippen molar-refractivity contribution in [3.05, 3.63) is 24.6 Å². The number of rotatable bonds is 10. The Morgan fingerprint density at radius 3 is 0.875 bits per heavy atom. The van der Waals surface area contributed by atoms with Gasteiger partial charge in [0.2, 0.25) is 0 Å². The maximum atomic E-state index is 6.31. The summed E-state index contributed by atoms with van der Waals surface area (Å²) in [6.07, 6.45) is 0. The molecule has 0 aliphatic carbocycles. The third kappa shape index (κ3) is 19.8. The lowest BCUT2D eigenvalue weighted by molar-refractivity contribution is 0.0247. The third-order valence-corrected chi connectivity index (χ3v) is 17.0. The van der Waals surface area contributed by atoms with Crippen LogP contribution in [0.1, 0.15) is 41.5 Å². The van der Waals surface area contributed by atoms with Crippen molar-refractivity contribution >= 4 is 42.3 Å². The molecule has 32 heavy (non-hydrogen) atoms. The van der Waals surface area contributed by atoms with E-state index < -0.39 is 42.3 Å². The van der Waals surface area contributed by atoms with E-state index in [4.69, 9.17) is 21.2 Å². The summed E-state index contributed by atoms with van der Waals surface area (Å²) < 4.78 is 30.8. The molecule has 0 heterocycles. The first kappa shape index (κ1) is 34.5. The Kier molecular flexibility index (Phi) is 12.8. The molecule has 0 aromatic heterocycles. The molecule has 0 spiro atoms. The molecule has 0 fully saturated rings. The van der Waals surface area contributed by atoms with Crippen LogP contribution < -0.4 is 0 Å². The van der Waals surface area contributed by atoms with Crippen molar-refractivity contribution in [3.63, 3.8) is 0 Å². The van der Waals surface area contributed by atoms with Crippen LogP contribution in [0.15, 0.2) is 24.6 Å². The summed E-state index contributed by atoms with van der Waals surface area (Å²) in [4.78, 5) is 0. The molecule has 0 saturated carbocycles. The summed E-state index contributed by atoms with van der Waals surface area (Å²) in [6, 6.07) is 0. The van der Waals surface area contributed by atoms with E-state index >= 15 is 0 Å². The average molecular weight is 539 g/mol. The Morgan fingerprint density at radius 1 is 0.500 bits per heavy atom. The van der Waals surface area contributed by atoms with Gasteiger partial charge in [-0.3, -0.25) is 0 Å². The van der Waals surface area contributed by atoms with Crippen molar-refractivity contribution in [1.82, 2.24) is 0 Å². The van der Waals surface area contributed by atoms with Gasteiger partial charge in [-0.2, -0.15) is 0 Å². The van der Waals surface area contributed by atoms with E-state index in [0.29, 0.717) is 0 Å². The molecule has 10 heteroatoms. The van der Waals surface area contributed by atoms with E-state index in [1.165, 1.54) is 0 Å². The van der Waals surface area contributed by atoms with Gasteiger partial charge in [-0.05, 0) is 118 Å². The predicted octanol–water partition coefficient (Wildman–Crippen LogP) is 7.62. The standard InChI is InChI=1S/C11H30O3Si4.C11H24O2Si/c1-11-18(12-15(2,3)4,13-16(5,6)7)14-17(8,9)10;1-9-14(8,12-10(2,3)4)13-11(5,6)7/h11H,1H2,2-10H3;9H,1H2,2-8H3. The molecular weight excluding hydrogens is 485 g/mol. The first-order valence-electron chi connectivity index (χ1n) is 11.4. The third-order valence-electron chi connectivity index (χ3n) is 2.98. The molecule has 0 radical (unpaired) electrons. The van der Waals surface area contributed by atoms with Crippen LogP contribution in [0.5, 0.6) is 0 Å². The van der Waals surface area contributed by atoms with E-state index in [2.05, 4.69) is 72.1 Å². The molecule has 0 atom stereocenters. The fourth-order valence-electron chi connectivity index (χ4n) is 2.79. The van der Waals surface area contributed by atoms with Crippen LogP contribution in [-0.4, -0.2) is 53.5 Å². The molecule has 0 aromatic carbocycles. The van der Waals surface area contributed by atoms with Gasteiger partial charge in [-0.15, -0.1) is 13.2 Å². The Labute approximate surface area is 205 Å². The van der Waals surface area contributed by atoms with Crippen molar-refractivity contribution in [2.75, 3.05) is 0 Å². The fourth-order valence-corrected chi connectivity index (χ4v) is 18.3. The quantitative estimate of drug-likeness (QED) is 0.268. The molecule has 192 valence electrons. The van der Waals surface area contributed by atoms with E-state index in [9.17, 15) is 0 Å². The van der Waals surface area contributed by atoms with Gasteiger partial charge in [0.05, 0.1) is 11.2 Å².